The van der Waals surface area contributed by atoms with Gasteiger partial charge in [-0.05, 0) is 65.0 Å². The Morgan fingerprint density at radius 2 is 1.36 bits per heavy atom. The second-order valence-electron chi connectivity index (χ2n) is 6.44. The number of aliphatic hydroxyl groups excluding tert-OH is 1. The van der Waals surface area contributed by atoms with Crippen molar-refractivity contribution in [3.05, 3.63) is 0 Å². The molecule has 0 radical (unpaired) electrons. The fourth-order valence-corrected chi connectivity index (χ4v) is 2.34. The fourth-order valence-electron chi connectivity index (χ4n) is 2.34. The molecule has 0 saturated heterocycles. The summed E-state index contributed by atoms with van der Waals surface area (Å²) in [4.78, 5) is 24.9. The van der Waals surface area contributed by atoms with E-state index >= 15 is 0 Å². The van der Waals surface area contributed by atoms with E-state index in [1.807, 2.05) is 14.0 Å². The minimum Gasteiger partial charge on any atom is -0.466 e. The summed E-state index contributed by atoms with van der Waals surface area (Å²) in [6, 6.07) is 0. The van der Waals surface area contributed by atoms with Gasteiger partial charge in [-0.15, -0.1) is 0 Å². The molecule has 148 valence electrons. The van der Waals surface area contributed by atoms with Gasteiger partial charge in [0.2, 0.25) is 0 Å². The first-order chi connectivity index (χ1) is 12.1. The van der Waals surface area contributed by atoms with Crippen molar-refractivity contribution in [3.63, 3.8) is 0 Å². The number of carbonyl (C=O) groups excluding carboxylic acids is 2. The van der Waals surface area contributed by atoms with Crippen LogP contribution in [-0.2, 0) is 19.1 Å². The Morgan fingerprint density at radius 1 is 0.800 bits per heavy atom. The first-order valence-corrected chi connectivity index (χ1v) is 9.70. The second kappa shape index (κ2) is 17.7. The highest BCUT2D eigenvalue weighted by molar-refractivity contribution is 5.69. The highest BCUT2D eigenvalue weighted by atomic mass is 16.5. The summed E-state index contributed by atoms with van der Waals surface area (Å²) in [5.74, 6) is -0.259. The van der Waals surface area contributed by atoms with Gasteiger partial charge in [0.1, 0.15) is 0 Å². The van der Waals surface area contributed by atoms with Crippen LogP contribution in [0.3, 0.4) is 0 Å². The Morgan fingerprint density at radius 3 is 1.92 bits per heavy atom. The lowest BCUT2D eigenvalue weighted by molar-refractivity contribution is -0.145. The Kier molecular flexibility index (Phi) is 16.9. The third kappa shape index (κ3) is 17.5. The topological polar surface area (TPSA) is 76.1 Å². The van der Waals surface area contributed by atoms with Crippen molar-refractivity contribution in [3.8, 4) is 0 Å². The first kappa shape index (κ1) is 23.9. The Balaban J connectivity index is 3.36. The maximum absolute atomic E-state index is 11.7. The van der Waals surface area contributed by atoms with E-state index in [2.05, 4.69) is 4.90 Å². The molecule has 0 spiro atoms. The van der Waals surface area contributed by atoms with Gasteiger partial charge in [0.05, 0.1) is 19.6 Å². The van der Waals surface area contributed by atoms with Crippen molar-refractivity contribution >= 4 is 11.9 Å². The van der Waals surface area contributed by atoms with Crippen molar-refractivity contribution < 1.29 is 24.2 Å². The molecule has 0 aliphatic heterocycles. The minimum atomic E-state index is -0.143. The van der Waals surface area contributed by atoms with Gasteiger partial charge in [-0.2, -0.15) is 0 Å². The van der Waals surface area contributed by atoms with Gasteiger partial charge in [0.15, 0.2) is 0 Å². The molecule has 6 heteroatoms. The van der Waals surface area contributed by atoms with Gasteiger partial charge < -0.3 is 19.5 Å². The molecule has 6 nitrogen and oxygen atoms in total. The minimum absolute atomic E-state index is 0.116. The average molecular weight is 360 g/mol. The van der Waals surface area contributed by atoms with Crippen LogP contribution >= 0.6 is 0 Å². The number of hydrogen-bond donors (Lipinski definition) is 1. The van der Waals surface area contributed by atoms with E-state index in [0.29, 0.717) is 32.6 Å². The van der Waals surface area contributed by atoms with Crippen LogP contribution in [0.4, 0.5) is 0 Å². The molecule has 25 heavy (non-hydrogen) atoms. The van der Waals surface area contributed by atoms with E-state index in [9.17, 15) is 9.59 Å². The van der Waals surface area contributed by atoms with Crippen molar-refractivity contribution in [2.24, 2.45) is 0 Å². The number of unbranched alkanes of at least 4 members (excludes halogenated alkanes) is 5. The molecule has 0 aromatic carbocycles. The number of rotatable bonds is 17. The van der Waals surface area contributed by atoms with E-state index in [0.717, 1.165) is 57.9 Å². The van der Waals surface area contributed by atoms with E-state index in [-0.39, 0.29) is 18.5 Å². The molecule has 0 aliphatic carbocycles. The standard InChI is InChI=1S/C19H37NO5/c1-3-11-18(22)24-16-9-4-5-10-17-25-19(23)12-14-20(2)13-7-6-8-15-21/h21H,3-17H2,1-2H3. The molecule has 0 amide bonds. The molecule has 1 N–H and O–H groups in total. The van der Waals surface area contributed by atoms with Gasteiger partial charge >= 0.3 is 11.9 Å². The molecule has 0 aromatic heterocycles. The summed E-state index contributed by atoms with van der Waals surface area (Å²) in [5, 5.41) is 8.72. The summed E-state index contributed by atoms with van der Waals surface area (Å²) in [7, 11) is 2.00. The fraction of sp³-hybridized carbons (Fsp3) is 0.895. The number of aliphatic hydroxyl groups is 1. The zero-order valence-electron chi connectivity index (χ0n) is 16.1. The monoisotopic (exact) mass is 359 g/mol. The molecule has 0 aromatic rings. The third-order valence-electron chi connectivity index (χ3n) is 3.91. The highest BCUT2D eigenvalue weighted by Gasteiger charge is 2.06. The summed E-state index contributed by atoms with van der Waals surface area (Å²) >= 11 is 0. The van der Waals surface area contributed by atoms with Gasteiger partial charge in [0, 0.05) is 19.6 Å². The predicted octanol–water partition coefficient (Wildman–Crippen LogP) is 2.92. The lowest BCUT2D eigenvalue weighted by Crippen LogP contribution is -2.23. The van der Waals surface area contributed by atoms with E-state index in [1.54, 1.807) is 0 Å². The predicted molar refractivity (Wildman–Crippen MR) is 98.3 cm³/mol. The lowest BCUT2D eigenvalue weighted by atomic mass is 10.2. The van der Waals surface area contributed by atoms with E-state index in [4.69, 9.17) is 14.6 Å². The smallest absolute Gasteiger partial charge is 0.307 e. The molecule has 0 unspecified atom stereocenters. The molecular formula is C19H37NO5. The van der Waals surface area contributed by atoms with Gasteiger partial charge in [-0.25, -0.2) is 0 Å². The molecule has 0 bridgehead atoms. The van der Waals surface area contributed by atoms with Gasteiger partial charge in [0.25, 0.3) is 0 Å². The third-order valence-corrected chi connectivity index (χ3v) is 3.91. The number of esters is 2. The van der Waals surface area contributed by atoms with Crippen LogP contribution in [0.1, 0.15) is 71.1 Å². The lowest BCUT2D eigenvalue weighted by Gasteiger charge is -2.15. The van der Waals surface area contributed by atoms with Crippen LogP contribution in [0.5, 0.6) is 0 Å². The van der Waals surface area contributed by atoms with Gasteiger partial charge in [-0.1, -0.05) is 6.92 Å². The SMILES string of the molecule is CCCC(=O)OCCCCCCOC(=O)CCN(C)CCCCCO. The number of carbonyl (C=O) groups is 2. The number of hydrogen-bond acceptors (Lipinski definition) is 6. The number of ether oxygens (including phenoxy) is 2. The maximum Gasteiger partial charge on any atom is 0.307 e. The molecule has 0 fully saturated rings. The zero-order chi connectivity index (χ0) is 18.8. The summed E-state index contributed by atoms with van der Waals surface area (Å²) in [6.07, 6.45) is 8.31. The van der Waals surface area contributed by atoms with Crippen molar-refractivity contribution in [2.45, 2.75) is 71.1 Å². The molecule has 0 atom stereocenters. The Hall–Kier alpha value is -1.14. The van der Waals surface area contributed by atoms with E-state index < -0.39 is 0 Å². The molecule has 0 heterocycles. The van der Waals surface area contributed by atoms with Crippen molar-refractivity contribution in [1.29, 1.82) is 0 Å². The maximum atomic E-state index is 11.7. The van der Waals surface area contributed by atoms with Crippen LogP contribution in [0.25, 0.3) is 0 Å². The second-order valence-corrected chi connectivity index (χ2v) is 6.44. The quantitative estimate of drug-likeness (QED) is 0.318. The normalized spacial score (nSPS) is 10.9. The summed E-state index contributed by atoms with van der Waals surface area (Å²) in [6.45, 7) is 4.81. The first-order valence-electron chi connectivity index (χ1n) is 9.70. The average Bonchev–Trinajstić information content (AvgIpc) is 2.59. The van der Waals surface area contributed by atoms with Crippen molar-refractivity contribution in [1.82, 2.24) is 4.90 Å². The summed E-state index contributed by atoms with van der Waals surface area (Å²) in [5.41, 5.74) is 0. The molecule has 0 aliphatic rings. The largest absolute Gasteiger partial charge is 0.466 e. The van der Waals surface area contributed by atoms with Crippen LogP contribution in [0, 0.1) is 0 Å². The van der Waals surface area contributed by atoms with Crippen LogP contribution in [0.2, 0.25) is 0 Å². The molecule has 0 saturated carbocycles. The van der Waals surface area contributed by atoms with Crippen LogP contribution in [0.15, 0.2) is 0 Å². The summed E-state index contributed by atoms with van der Waals surface area (Å²) < 4.78 is 10.3. The Labute approximate surface area is 152 Å². The molecule has 0 rings (SSSR count). The van der Waals surface area contributed by atoms with Gasteiger partial charge in [-0.3, -0.25) is 9.59 Å². The zero-order valence-corrected chi connectivity index (χ0v) is 16.1. The van der Waals surface area contributed by atoms with Crippen LogP contribution in [-0.4, -0.2) is 61.9 Å². The highest BCUT2D eigenvalue weighted by Crippen LogP contribution is 2.03. The number of nitrogens with zero attached hydrogens (tertiary/aromatic N) is 1. The van der Waals surface area contributed by atoms with Crippen LogP contribution < -0.4 is 0 Å². The van der Waals surface area contributed by atoms with E-state index in [1.165, 1.54) is 0 Å². The van der Waals surface area contributed by atoms with Crippen molar-refractivity contribution in [2.75, 3.05) is 40.0 Å². The molecular weight excluding hydrogens is 322 g/mol. The Bertz CT molecular complexity index is 336.